The summed E-state index contributed by atoms with van der Waals surface area (Å²) in [7, 11) is 0. The first-order chi connectivity index (χ1) is 6.83. The zero-order valence-electron chi connectivity index (χ0n) is 8.36. The Morgan fingerprint density at radius 2 is 2.57 bits per heavy atom. The van der Waals surface area contributed by atoms with Gasteiger partial charge in [0, 0.05) is 30.4 Å². The quantitative estimate of drug-likeness (QED) is 0.743. The standard InChI is InChI=1S/C11H14N2S/c1-9-10-4-8-14-11(10)3-7-13(9)6-2-5-12/h4,8-9H,2-3,6-7H2,1H3. The van der Waals surface area contributed by atoms with Crippen LogP contribution in [0.3, 0.4) is 0 Å². The third-order valence-corrected chi connectivity index (χ3v) is 3.91. The molecule has 0 saturated carbocycles. The fourth-order valence-electron chi connectivity index (χ4n) is 2.06. The monoisotopic (exact) mass is 206 g/mol. The van der Waals surface area contributed by atoms with Crippen LogP contribution in [0.5, 0.6) is 0 Å². The number of fused-ring (bicyclic) bond motifs is 1. The van der Waals surface area contributed by atoms with Crippen LogP contribution < -0.4 is 0 Å². The maximum Gasteiger partial charge on any atom is 0.0635 e. The lowest BCUT2D eigenvalue weighted by atomic mass is 10.0. The van der Waals surface area contributed by atoms with Crippen molar-refractivity contribution in [2.45, 2.75) is 25.8 Å². The first-order valence-corrected chi connectivity index (χ1v) is 5.88. The molecule has 0 fully saturated rings. The van der Waals surface area contributed by atoms with Crippen molar-refractivity contribution >= 4 is 11.3 Å². The van der Waals surface area contributed by atoms with Gasteiger partial charge in [-0.3, -0.25) is 4.90 Å². The van der Waals surface area contributed by atoms with Gasteiger partial charge < -0.3 is 0 Å². The van der Waals surface area contributed by atoms with Crippen LogP contribution in [-0.2, 0) is 6.42 Å². The van der Waals surface area contributed by atoms with Gasteiger partial charge in [0.05, 0.1) is 6.07 Å². The van der Waals surface area contributed by atoms with E-state index in [0.717, 1.165) is 19.5 Å². The SMILES string of the molecule is CC1c2ccsc2CCN1CCC#N. The summed E-state index contributed by atoms with van der Waals surface area (Å²) in [5.74, 6) is 0. The first-order valence-electron chi connectivity index (χ1n) is 5.00. The predicted octanol–water partition coefficient (Wildman–Crippen LogP) is 2.58. The molecule has 0 spiro atoms. The van der Waals surface area contributed by atoms with Gasteiger partial charge >= 0.3 is 0 Å². The molecule has 1 atom stereocenters. The van der Waals surface area contributed by atoms with Gasteiger partial charge in [-0.1, -0.05) is 0 Å². The highest BCUT2D eigenvalue weighted by Gasteiger charge is 2.23. The Labute approximate surface area is 88.8 Å². The third-order valence-electron chi connectivity index (χ3n) is 2.91. The van der Waals surface area contributed by atoms with Crippen molar-refractivity contribution in [1.29, 1.82) is 5.26 Å². The predicted molar refractivity (Wildman–Crippen MR) is 58.2 cm³/mol. The molecule has 0 aromatic carbocycles. The maximum absolute atomic E-state index is 8.56. The van der Waals surface area contributed by atoms with Crippen molar-refractivity contribution in [3.05, 3.63) is 21.9 Å². The van der Waals surface area contributed by atoms with E-state index in [-0.39, 0.29) is 0 Å². The minimum atomic E-state index is 0.498. The van der Waals surface area contributed by atoms with Gasteiger partial charge in [0.25, 0.3) is 0 Å². The normalized spacial score (nSPS) is 21.6. The highest BCUT2D eigenvalue weighted by atomic mass is 32.1. The van der Waals surface area contributed by atoms with E-state index in [4.69, 9.17) is 5.26 Å². The van der Waals surface area contributed by atoms with Crippen LogP contribution in [0.15, 0.2) is 11.4 Å². The van der Waals surface area contributed by atoms with Crippen LogP contribution in [0.2, 0.25) is 0 Å². The highest BCUT2D eigenvalue weighted by molar-refractivity contribution is 7.10. The van der Waals surface area contributed by atoms with Crippen LogP contribution >= 0.6 is 11.3 Å². The smallest absolute Gasteiger partial charge is 0.0635 e. The molecule has 1 aromatic rings. The molecule has 2 heterocycles. The number of hydrogen-bond donors (Lipinski definition) is 0. The van der Waals surface area contributed by atoms with E-state index in [1.807, 2.05) is 11.3 Å². The molecule has 0 aliphatic carbocycles. The van der Waals surface area contributed by atoms with Gasteiger partial charge in [0.15, 0.2) is 0 Å². The molecule has 1 aliphatic heterocycles. The summed E-state index contributed by atoms with van der Waals surface area (Å²) in [6.45, 7) is 4.26. The first kappa shape index (κ1) is 9.70. The molecule has 0 radical (unpaired) electrons. The van der Waals surface area contributed by atoms with Crippen LogP contribution in [0.25, 0.3) is 0 Å². The van der Waals surface area contributed by atoms with Crippen molar-refractivity contribution in [1.82, 2.24) is 4.90 Å². The average Bonchev–Trinajstić information content (AvgIpc) is 2.66. The second-order valence-corrected chi connectivity index (χ2v) is 4.67. The molecule has 3 heteroatoms. The summed E-state index contributed by atoms with van der Waals surface area (Å²) in [4.78, 5) is 3.93. The van der Waals surface area contributed by atoms with E-state index in [0.29, 0.717) is 12.5 Å². The summed E-state index contributed by atoms with van der Waals surface area (Å²) < 4.78 is 0. The molecule has 1 aromatic heterocycles. The summed E-state index contributed by atoms with van der Waals surface area (Å²) in [5.41, 5.74) is 1.47. The van der Waals surface area contributed by atoms with Gasteiger partial charge in [-0.25, -0.2) is 0 Å². The maximum atomic E-state index is 8.56. The molecule has 0 N–H and O–H groups in total. The minimum absolute atomic E-state index is 0.498. The average molecular weight is 206 g/mol. The Hall–Kier alpha value is -0.850. The molecular formula is C11H14N2S. The van der Waals surface area contributed by atoms with Crippen molar-refractivity contribution < 1.29 is 0 Å². The summed E-state index contributed by atoms with van der Waals surface area (Å²) in [5, 5.41) is 10.7. The van der Waals surface area contributed by atoms with Crippen LogP contribution in [0.1, 0.15) is 29.8 Å². The van der Waals surface area contributed by atoms with Gasteiger partial charge in [-0.05, 0) is 30.4 Å². The highest BCUT2D eigenvalue weighted by Crippen LogP contribution is 2.32. The van der Waals surface area contributed by atoms with E-state index in [9.17, 15) is 0 Å². The molecule has 14 heavy (non-hydrogen) atoms. The fourth-order valence-corrected chi connectivity index (χ4v) is 3.02. The van der Waals surface area contributed by atoms with E-state index in [2.05, 4.69) is 29.3 Å². The van der Waals surface area contributed by atoms with Gasteiger partial charge in [0.2, 0.25) is 0 Å². The lowest BCUT2D eigenvalue weighted by molar-refractivity contribution is 0.205. The van der Waals surface area contributed by atoms with Gasteiger partial charge in [0.1, 0.15) is 0 Å². The second-order valence-electron chi connectivity index (χ2n) is 3.67. The van der Waals surface area contributed by atoms with E-state index in [1.54, 1.807) is 0 Å². The van der Waals surface area contributed by atoms with Crippen LogP contribution in [0, 0.1) is 11.3 Å². The Bertz CT molecular complexity index is 350. The zero-order valence-corrected chi connectivity index (χ0v) is 9.18. The van der Waals surface area contributed by atoms with Crippen molar-refractivity contribution in [2.24, 2.45) is 0 Å². The van der Waals surface area contributed by atoms with E-state index >= 15 is 0 Å². The lowest BCUT2D eigenvalue weighted by Gasteiger charge is -2.32. The topological polar surface area (TPSA) is 27.0 Å². The molecule has 0 amide bonds. The van der Waals surface area contributed by atoms with Crippen LogP contribution in [0.4, 0.5) is 0 Å². The molecule has 2 nitrogen and oxygen atoms in total. The number of nitriles is 1. The summed E-state index contributed by atoms with van der Waals surface area (Å²) in [6.07, 6.45) is 1.80. The molecule has 74 valence electrons. The fraction of sp³-hybridized carbons (Fsp3) is 0.545. The molecule has 0 saturated heterocycles. The van der Waals surface area contributed by atoms with E-state index in [1.165, 1.54) is 10.4 Å². The van der Waals surface area contributed by atoms with Gasteiger partial charge in [-0.2, -0.15) is 5.26 Å². The Morgan fingerprint density at radius 3 is 3.36 bits per heavy atom. The van der Waals surface area contributed by atoms with Gasteiger partial charge in [-0.15, -0.1) is 11.3 Å². The molecule has 2 rings (SSSR count). The van der Waals surface area contributed by atoms with Crippen molar-refractivity contribution in [3.8, 4) is 6.07 Å². The third kappa shape index (κ3) is 1.68. The second kappa shape index (κ2) is 4.12. The minimum Gasteiger partial charge on any atom is -0.295 e. The molecular weight excluding hydrogens is 192 g/mol. The molecule has 1 aliphatic rings. The molecule has 0 bridgehead atoms. The van der Waals surface area contributed by atoms with E-state index < -0.39 is 0 Å². The number of nitrogens with zero attached hydrogens (tertiary/aromatic N) is 2. The number of hydrogen-bond acceptors (Lipinski definition) is 3. The number of rotatable bonds is 2. The summed E-state index contributed by atoms with van der Waals surface area (Å²) >= 11 is 1.86. The lowest BCUT2D eigenvalue weighted by Crippen LogP contribution is -2.33. The Morgan fingerprint density at radius 1 is 1.71 bits per heavy atom. The largest absolute Gasteiger partial charge is 0.295 e. The molecule has 1 unspecified atom stereocenters. The Balaban J connectivity index is 2.10. The number of thiophene rings is 1. The zero-order chi connectivity index (χ0) is 9.97. The van der Waals surface area contributed by atoms with Crippen molar-refractivity contribution in [3.63, 3.8) is 0 Å². The Kier molecular flexibility index (Phi) is 2.85. The van der Waals surface area contributed by atoms with Crippen LogP contribution in [-0.4, -0.2) is 18.0 Å². The summed E-state index contributed by atoms with van der Waals surface area (Å²) in [6, 6.07) is 4.94. The van der Waals surface area contributed by atoms with Crippen molar-refractivity contribution in [2.75, 3.05) is 13.1 Å².